The Morgan fingerprint density at radius 3 is 2.80 bits per heavy atom. The van der Waals surface area contributed by atoms with Crippen LogP contribution in [0.5, 0.6) is 0 Å². The summed E-state index contributed by atoms with van der Waals surface area (Å²) < 4.78 is 0. The number of unbranched alkanes of at least 4 members (excludes halogenated alkanes) is 3. The van der Waals surface area contributed by atoms with Gasteiger partial charge in [-0.15, -0.1) is 0 Å². The Kier molecular flexibility index (Phi) is 5.26. The van der Waals surface area contributed by atoms with Crippen LogP contribution >= 0.6 is 0 Å². The monoisotopic (exact) mass is 207 g/mol. The summed E-state index contributed by atoms with van der Waals surface area (Å²) in [5, 5.41) is 0. The fourth-order valence-corrected chi connectivity index (χ4v) is 1.62. The maximum Gasteiger partial charge on any atom is 0.125 e. The molecule has 1 aromatic rings. The van der Waals surface area contributed by atoms with E-state index in [1.54, 1.807) is 6.20 Å². The molecule has 3 nitrogen and oxygen atoms in total. The van der Waals surface area contributed by atoms with Crippen LogP contribution in [-0.2, 0) is 0 Å². The molecule has 0 aliphatic carbocycles. The van der Waals surface area contributed by atoms with Crippen molar-refractivity contribution in [2.75, 3.05) is 0 Å². The Balaban J connectivity index is 2.36. The van der Waals surface area contributed by atoms with E-state index >= 15 is 0 Å². The van der Waals surface area contributed by atoms with E-state index in [-0.39, 0.29) is 6.04 Å². The van der Waals surface area contributed by atoms with Crippen LogP contribution in [0.3, 0.4) is 0 Å². The van der Waals surface area contributed by atoms with Crippen LogP contribution in [-0.4, -0.2) is 9.97 Å². The molecule has 0 aromatic carbocycles. The average molecular weight is 207 g/mol. The van der Waals surface area contributed by atoms with Gasteiger partial charge in [-0.1, -0.05) is 32.6 Å². The highest BCUT2D eigenvalue weighted by Crippen LogP contribution is 2.15. The molecule has 1 aromatic heterocycles. The first-order chi connectivity index (χ1) is 7.24. The average Bonchev–Trinajstić information content (AvgIpc) is 2.24. The fraction of sp³-hybridized carbons (Fsp3) is 0.667. The molecule has 1 rings (SSSR count). The SMILES string of the molecule is CCCCCCC(N)c1ccnc(C)n1. The highest BCUT2D eigenvalue weighted by Gasteiger charge is 2.06. The van der Waals surface area contributed by atoms with Gasteiger partial charge in [0, 0.05) is 12.2 Å². The lowest BCUT2D eigenvalue weighted by Crippen LogP contribution is -2.12. The van der Waals surface area contributed by atoms with Gasteiger partial charge in [0.1, 0.15) is 5.82 Å². The number of aryl methyl sites for hydroxylation is 1. The summed E-state index contributed by atoms with van der Waals surface area (Å²) in [5.74, 6) is 0.802. The van der Waals surface area contributed by atoms with Crippen molar-refractivity contribution < 1.29 is 0 Å². The minimum Gasteiger partial charge on any atom is -0.323 e. The molecule has 0 aliphatic rings. The molecule has 0 saturated heterocycles. The Morgan fingerprint density at radius 1 is 1.33 bits per heavy atom. The molecule has 0 bridgehead atoms. The first-order valence-corrected chi connectivity index (χ1v) is 5.79. The van der Waals surface area contributed by atoms with Crippen molar-refractivity contribution in [1.82, 2.24) is 9.97 Å². The van der Waals surface area contributed by atoms with Gasteiger partial charge >= 0.3 is 0 Å². The Bertz CT molecular complexity index is 286. The third kappa shape index (κ3) is 4.38. The highest BCUT2D eigenvalue weighted by molar-refractivity contribution is 5.06. The van der Waals surface area contributed by atoms with Gasteiger partial charge < -0.3 is 5.73 Å². The molecule has 0 aliphatic heterocycles. The van der Waals surface area contributed by atoms with Crippen LogP contribution in [0.2, 0.25) is 0 Å². The Labute approximate surface area is 92.1 Å². The second-order valence-corrected chi connectivity index (χ2v) is 3.98. The third-order valence-corrected chi connectivity index (χ3v) is 2.55. The Morgan fingerprint density at radius 2 is 2.13 bits per heavy atom. The van der Waals surface area contributed by atoms with E-state index in [2.05, 4.69) is 16.9 Å². The van der Waals surface area contributed by atoms with Crippen molar-refractivity contribution in [2.24, 2.45) is 5.73 Å². The molecule has 1 atom stereocenters. The molecule has 3 heteroatoms. The first-order valence-electron chi connectivity index (χ1n) is 5.79. The number of hydrogen-bond acceptors (Lipinski definition) is 3. The van der Waals surface area contributed by atoms with Crippen molar-refractivity contribution in [3.63, 3.8) is 0 Å². The van der Waals surface area contributed by atoms with Crippen LogP contribution in [0.25, 0.3) is 0 Å². The molecule has 84 valence electrons. The van der Waals surface area contributed by atoms with Crippen LogP contribution in [0.4, 0.5) is 0 Å². The minimum atomic E-state index is 0.0727. The fourth-order valence-electron chi connectivity index (χ4n) is 1.62. The molecule has 0 saturated carbocycles. The quantitative estimate of drug-likeness (QED) is 0.730. The summed E-state index contributed by atoms with van der Waals surface area (Å²) in [6.45, 7) is 4.11. The number of nitrogens with two attached hydrogens (primary N) is 1. The maximum absolute atomic E-state index is 6.06. The highest BCUT2D eigenvalue weighted by atomic mass is 14.9. The minimum absolute atomic E-state index is 0.0727. The smallest absolute Gasteiger partial charge is 0.125 e. The van der Waals surface area contributed by atoms with Gasteiger partial charge in [-0.3, -0.25) is 0 Å². The molecule has 0 radical (unpaired) electrons. The summed E-state index contributed by atoms with van der Waals surface area (Å²) in [4.78, 5) is 8.40. The second-order valence-electron chi connectivity index (χ2n) is 3.98. The van der Waals surface area contributed by atoms with Gasteiger partial charge in [0.25, 0.3) is 0 Å². The van der Waals surface area contributed by atoms with Gasteiger partial charge in [0.15, 0.2) is 0 Å². The molecular formula is C12H21N3. The van der Waals surface area contributed by atoms with Gasteiger partial charge in [-0.25, -0.2) is 9.97 Å². The van der Waals surface area contributed by atoms with Gasteiger partial charge in [-0.2, -0.15) is 0 Å². The zero-order valence-corrected chi connectivity index (χ0v) is 9.74. The van der Waals surface area contributed by atoms with E-state index < -0.39 is 0 Å². The van der Waals surface area contributed by atoms with E-state index in [0.717, 1.165) is 17.9 Å². The molecule has 1 heterocycles. The summed E-state index contributed by atoms with van der Waals surface area (Å²) in [6.07, 6.45) is 7.84. The zero-order valence-electron chi connectivity index (χ0n) is 9.74. The van der Waals surface area contributed by atoms with E-state index in [4.69, 9.17) is 5.73 Å². The summed E-state index contributed by atoms with van der Waals surface area (Å²) in [7, 11) is 0. The predicted molar refractivity (Wildman–Crippen MR) is 62.5 cm³/mol. The molecule has 0 amide bonds. The maximum atomic E-state index is 6.06. The van der Waals surface area contributed by atoms with Crippen LogP contribution < -0.4 is 5.73 Å². The number of aromatic nitrogens is 2. The standard InChI is InChI=1S/C12H21N3/c1-3-4-5-6-7-11(13)12-8-9-14-10(2)15-12/h8-9,11H,3-7,13H2,1-2H3. The summed E-state index contributed by atoms with van der Waals surface area (Å²) in [5.41, 5.74) is 7.03. The van der Waals surface area contributed by atoms with Gasteiger partial charge in [-0.05, 0) is 19.4 Å². The number of rotatable bonds is 6. The van der Waals surface area contributed by atoms with E-state index in [0.29, 0.717) is 0 Å². The number of nitrogens with zero attached hydrogens (tertiary/aromatic N) is 2. The van der Waals surface area contributed by atoms with Crippen molar-refractivity contribution >= 4 is 0 Å². The lowest BCUT2D eigenvalue weighted by molar-refractivity contribution is 0.555. The predicted octanol–water partition coefficient (Wildman–Crippen LogP) is 2.76. The second kappa shape index (κ2) is 6.51. The molecule has 0 spiro atoms. The number of hydrogen-bond donors (Lipinski definition) is 1. The summed E-state index contributed by atoms with van der Waals surface area (Å²) >= 11 is 0. The third-order valence-electron chi connectivity index (χ3n) is 2.55. The largest absolute Gasteiger partial charge is 0.323 e. The normalized spacial score (nSPS) is 12.7. The Hall–Kier alpha value is -0.960. The van der Waals surface area contributed by atoms with Crippen LogP contribution in [0.15, 0.2) is 12.3 Å². The van der Waals surface area contributed by atoms with Crippen molar-refractivity contribution in [3.05, 3.63) is 23.8 Å². The van der Waals surface area contributed by atoms with Gasteiger partial charge in [0.05, 0.1) is 5.69 Å². The van der Waals surface area contributed by atoms with Gasteiger partial charge in [0.2, 0.25) is 0 Å². The molecular weight excluding hydrogens is 186 g/mol. The topological polar surface area (TPSA) is 51.8 Å². The lowest BCUT2D eigenvalue weighted by Gasteiger charge is -2.10. The lowest BCUT2D eigenvalue weighted by atomic mass is 10.1. The van der Waals surface area contributed by atoms with Crippen LogP contribution in [0, 0.1) is 6.92 Å². The van der Waals surface area contributed by atoms with Crippen molar-refractivity contribution in [1.29, 1.82) is 0 Å². The van der Waals surface area contributed by atoms with Crippen molar-refractivity contribution in [2.45, 2.75) is 52.0 Å². The van der Waals surface area contributed by atoms with E-state index in [1.807, 2.05) is 13.0 Å². The van der Waals surface area contributed by atoms with E-state index in [1.165, 1.54) is 25.7 Å². The first kappa shape index (κ1) is 12.1. The van der Waals surface area contributed by atoms with E-state index in [9.17, 15) is 0 Å². The zero-order chi connectivity index (χ0) is 11.1. The molecule has 2 N–H and O–H groups in total. The van der Waals surface area contributed by atoms with Crippen molar-refractivity contribution in [3.8, 4) is 0 Å². The molecule has 15 heavy (non-hydrogen) atoms. The molecule has 1 unspecified atom stereocenters. The van der Waals surface area contributed by atoms with Crippen LogP contribution in [0.1, 0.15) is 56.6 Å². The summed E-state index contributed by atoms with van der Waals surface area (Å²) in [6, 6.07) is 1.99. The molecule has 0 fully saturated rings.